The van der Waals surface area contributed by atoms with Gasteiger partial charge in [0, 0.05) is 57.1 Å². The lowest BCUT2D eigenvalue weighted by Gasteiger charge is -2.34. The van der Waals surface area contributed by atoms with Crippen molar-refractivity contribution in [2.24, 2.45) is 0 Å². The summed E-state index contributed by atoms with van der Waals surface area (Å²) in [6.07, 6.45) is 0. The lowest BCUT2D eigenvalue weighted by Crippen LogP contribution is -2.44. The number of benzene rings is 2. The van der Waals surface area contributed by atoms with E-state index in [9.17, 15) is 9.59 Å². The highest BCUT2D eigenvalue weighted by Crippen LogP contribution is 2.33. The fourth-order valence-corrected chi connectivity index (χ4v) is 4.86. The second-order valence-electron chi connectivity index (χ2n) is 9.01. The Balaban J connectivity index is 1.44. The molecule has 9 nitrogen and oxygen atoms in total. The van der Waals surface area contributed by atoms with Gasteiger partial charge in [0.25, 0.3) is 5.91 Å². The molecule has 2 aromatic carbocycles. The van der Waals surface area contributed by atoms with Crippen LogP contribution in [-0.4, -0.2) is 77.4 Å². The Morgan fingerprint density at radius 2 is 1.69 bits per heavy atom. The number of carbonyl (C=O) groups is 1. The van der Waals surface area contributed by atoms with E-state index in [2.05, 4.69) is 27.1 Å². The molecule has 1 aromatic heterocycles. The number of likely N-dealkylation sites (N-methyl/N-ethyl adjacent to an activating group) is 1. The predicted octanol–water partition coefficient (Wildman–Crippen LogP) is 3.30. The number of fused-ring (bicyclic) bond motifs is 1. The number of amides is 1. The van der Waals surface area contributed by atoms with Gasteiger partial charge < -0.3 is 33.9 Å². The summed E-state index contributed by atoms with van der Waals surface area (Å²) in [6.45, 7) is 6.12. The molecule has 10 heteroatoms. The summed E-state index contributed by atoms with van der Waals surface area (Å²) in [5.74, 6) is -0.0262. The van der Waals surface area contributed by atoms with E-state index in [1.165, 1.54) is 6.07 Å². The maximum absolute atomic E-state index is 13.1. The average Bonchev–Trinajstić information content (AvgIpc) is 2.89. The summed E-state index contributed by atoms with van der Waals surface area (Å²) < 4.78 is 16.9. The van der Waals surface area contributed by atoms with Gasteiger partial charge in [-0.1, -0.05) is 11.6 Å². The number of anilines is 3. The van der Waals surface area contributed by atoms with Gasteiger partial charge in [-0.25, -0.2) is 0 Å². The summed E-state index contributed by atoms with van der Waals surface area (Å²) in [7, 11) is 3.64. The molecule has 0 atom stereocenters. The zero-order valence-corrected chi connectivity index (χ0v) is 21.1. The second-order valence-corrected chi connectivity index (χ2v) is 9.42. The number of halogens is 1. The summed E-state index contributed by atoms with van der Waals surface area (Å²) in [4.78, 5) is 32.7. The van der Waals surface area contributed by atoms with E-state index >= 15 is 0 Å². The lowest BCUT2D eigenvalue weighted by atomic mass is 10.1. The van der Waals surface area contributed by atoms with Crippen molar-refractivity contribution >= 4 is 45.5 Å². The molecule has 5 rings (SSSR count). The van der Waals surface area contributed by atoms with Crippen LogP contribution in [0.2, 0.25) is 5.02 Å². The number of morpholine rings is 1. The van der Waals surface area contributed by atoms with Crippen LogP contribution in [0.25, 0.3) is 11.0 Å². The van der Waals surface area contributed by atoms with Crippen molar-refractivity contribution in [2.45, 2.75) is 0 Å². The normalized spacial score (nSPS) is 16.9. The third-order valence-corrected chi connectivity index (χ3v) is 6.95. The van der Waals surface area contributed by atoms with Gasteiger partial charge in [-0.05, 0) is 31.3 Å². The lowest BCUT2D eigenvalue weighted by molar-refractivity contribution is 0.0997. The topological polar surface area (TPSA) is 87.5 Å². The van der Waals surface area contributed by atoms with Crippen molar-refractivity contribution in [1.29, 1.82) is 0 Å². The third-order valence-electron chi connectivity index (χ3n) is 6.64. The molecule has 2 saturated heterocycles. The minimum absolute atomic E-state index is 0.0681. The highest BCUT2D eigenvalue weighted by molar-refractivity contribution is 6.33. The van der Waals surface area contributed by atoms with E-state index in [1.807, 2.05) is 12.1 Å². The number of piperazine rings is 1. The molecular weight excluding hydrogens is 484 g/mol. The van der Waals surface area contributed by atoms with Crippen LogP contribution in [0.15, 0.2) is 45.6 Å². The highest BCUT2D eigenvalue weighted by Gasteiger charge is 2.22. The fourth-order valence-electron chi connectivity index (χ4n) is 4.56. The van der Waals surface area contributed by atoms with Gasteiger partial charge in [-0.3, -0.25) is 9.59 Å². The summed E-state index contributed by atoms with van der Waals surface area (Å²) in [5, 5.41) is 3.70. The monoisotopic (exact) mass is 512 g/mol. The first-order valence-electron chi connectivity index (χ1n) is 12.0. The molecule has 2 fully saturated rings. The van der Waals surface area contributed by atoms with Gasteiger partial charge >= 0.3 is 0 Å². The third kappa shape index (κ3) is 5.00. The first kappa shape index (κ1) is 24.4. The molecule has 1 N–H and O–H groups in total. The van der Waals surface area contributed by atoms with Crippen molar-refractivity contribution in [1.82, 2.24) is 4.90 Å². The van der Waals surface area contributed by atoms with Crippen LogP contribution in [0, 0.1) is 0 Å². The number of hydrogen-bond acceptors (Lipinski definition) is 8. The molecule has 2 aliphatic rings. The van der Waals surface area contributed by atoms with E-state index in [1.54, 1.807) is 25.3 Å². The molecule has 0 aliphatic carbocycles. The second kappa shape index (κ2) is 10.4. The number of hydrogen-bond donors (Lipinski definition) is 1. The number of rotatable bonds is 5. The van der Waals surface area contributed by atoms with Gasteiger partial charge in [0.05, 0.1) is 42.1 Å². The quantitative estimate of drug-likeness (QED) is 0.557. The van der Waals surface area contributed by atoms with Crippen LogP contribution in [0.4, 0.5) is 17.1 Å². The van der Waals surface area contributed by atoms with E-state index in [0.29, 0.717) is 40.6 Å². The Morgan fingerprint density at radius 1 is 0.972 bits per heavy atom. The molecule has 0 radical (unpaired) electrons. The van der Waals surface area contributed by atoms with E-state index < -0.39 is 5.91 Å². The van der Waals surface area contributed by atoms with E-state index in [0.717, 1.165) is 50.6 Å². The highest BCUT2D eigenvalue weighted by atomic mass is 35.5. The van der Waals surface area contributed by atoms with Gasteiger partial charge in [-0.15, -0.1) is 0 Å². The molecule has 0 spiro atoms. The fraction of sp³-hybridized carbons (Fsp3) is 0.385. The SMILES string of the molecule is COc1cc(N2CCN(C)CC2)c2oc(C(=O)Nc3ccc(N4CCOCC4)c(Cl)c3)cc(=O)c2c1. The molecule has 0 saturated carbocycles. The van der Waals surface area contributed by atoms with Crippen molar-refractivity contribution in [3.05, 3.63) is 57.4 Å². The molecule has 2 aliphatic heterocycles. The molecule has 0 unspecified atom stereocenters. The molecule has 0 bridgehead atoms. The van der Waals surface area contributed by atoms with Crippen molar-refractivity contribution in [2.75, 3.05) is 81.8 Å². The molecule has 36 heavy (non-hydrogen) atoms. The summed E-state index contributed by atoms with van der Waals surface area (Å²) >= 11 is 6.51. The maximum atomic E-state index is 13.1. The summed E-state index contributed by atoms with van der Waals surface area (Å²) in [5.41, 5.74) is 2.21. The zero-order valence-electron chi connectivity index (χ0n) is 20.4. The van der Waals surface area contributed by atoms with E-state index in [4.69, 9.17) is 25.5 Å². The van der Waals surface area contributed by atoms with Crippen LogP contribution >= 0.6 is 11.6 Å². The number of methoxy groups -OCH3 is 1. The Kier molecular flexibility index (Phi) is 7.04. The number of nitrogens with one attached hydrogen (secondary N) is 1. The van der Waals surface area contributed by atoms with Gasteiger partial charge in [0.1, 0.15) is 5.75 Å². The number of ether oxygens (including phenoxy) is 2. The van der Waals surface area contributed by atoms with E-state index in [-0.39, 0.29) is 11.2 Å². The zero-order chi connectivity index (χ0) is 25.2. The van der Waals surface area contributed by atoms with Crippen LogP contribution in [-0.2, 0) is 4.74 Å². The number of nitrogens with zero attached hydrogens (tertiary/aromatic N) is 3. The minimum Gasteiger partial charge on any atom is -0.497 e. The Hall–Kier alpha value is -3.27. The van der Waals surface area contributed by atoms with Gasteiger partial charge in [-0.2, -0.15) is 0 Å². The first-order chi connectivity index (χ1) is 17.4. The Morgan fingerprint density at radius 3 is 2.39 bits per heavy atom. The van der Waals surface area contributed by atoms with Crippen molar-refractivity contribution in [3.8, 4) is 5.75 Å². The molecule has 3 heterocycles. The Bertz CT molecular complexity index is 1330. The molecule has 1 amide bonds. The number of carbonyl (C=O) groups excluding carboxylic acids is 1. The van der Waals surface area contributed by atoms with Crippen molar-refractivity contribution in [3.63, 3.8) is 0 Å². The average molecular weight is 513 g/mol. The summed E-state index contributed by atoms with van der Waals surface area (Å²) in [6, 6.07) is 10.1. The standard InChI is InChI=1S/C26H29ClN4O5/c1-29-5-7-30(8-6-29)22-15-18(34-2)14-19-23(32)16-24(36-25(19)22)26(33)28-17-3-4-21(20(27)13-17)31-9-11-35-12-10-31/h3-4,13-16H,5-12H2,1-2H3,(H,28,33). The first-order valence-corrected chi connectivity index (χ1v) is 12.3. The van der Waals surface area contributed by atoms with Crippen molar-refractivity contribution < 1.29 is 18.7 Å². The van der Waals surface area contributed by atoms with Crippen LogP contribution in [0.3, 0.4) is 0 Å². The molecule has 3 aromatic rings. The Labute approximate surface area is 214 Å². The maximum Gasteiger partial charge on any atom is 0.291 e. The van der Waals surface area contributed by atoms with Gasteiger partial charge in [0.2, 0.25) is 0 Å². The molecule has 190 valence electrons. The molecular formula is C26H29ClN4O5. The smallest absolute Gasteiger partial charge is 0.291 e. The largest absolute Gasteiger partial charge is 0.497 e. The van der Waals surface area contributed by atoms with Crippen LogP contribution < -0.4 is 25.3 Å². The predicted molar refractivity (Wildman–Crippen MR) is 141 cm³/mol. The minimum atomic E-state index is -0.524. The van der Waals surface area contributed by atoms with Crippen LogP contribution in [0.5, 0.6) is 5.75 Å². The van der Waals surface area contributed by atoms with Crippen LogP contribution in [0.1, 0.15) is 10.6 Å². The van der Waals surface area contributed by atoms with Gasteiger partial charge in [0.15, 0.2) is 16.8 Å².